The van der Waals surface area contributed by atoms with Crippen molar-refractivity contribution in [1.82, 2.24) is 20.3 Å². The minimum atomic E-state index is -4.23. The molecule has 4 rings (SSSR count). The monoisotopic (exact) mass is 664 g/mol. The summed E-state index contributed by atoms with van der Waals surface area (Å²) in [5.41, 5.74) is 1.63. The fraction of sp³-hybridized carbons (Fsp3) is 0.156. The number of aromatic nitrogens is 1. The molecule has 0 bridgehead atoms. The van der Waals surface area contributed by atoms with Gasteiger partial charge in [-0.3, -0.25) is 24.2 Å². The summed E-state index contributed by atoms with van der Waals surface area (Å²) in [4.78, 5) is 53.2. The Morgan fingerprint density at radius 3 is 2.24 bits per heavy atom. The lowest BCUT2D eigenvalue weighted by Crippen LogP contribution is -2.32. The topological polar surface area (TPSA) is 170 Å². The van der Waals surface area contributed by atoms with Crippen molar-refractivity contribution in [3.63, 3.8) is 0 Å². The number of amides is 3. The molecule has 0 fully saturated rings. The number of nitrogens with zero attached hydrogens (tertiary/aromatic N) is 1. The molecule has 0 saturated heterocycles. The van der Waals surface area contributed by atoms with Gasteiger partial charge in [0.2, 0.25) is 0 Å². The van der Waals surface area contributed by atoms with E-state index in [1.807, 2.05) is 22.9 Å². The Hall–Kier alpha value is -5.27. The first kappa shape index (κ1) is 33.6. The summed E-state index contributed by atoms with van der Waals surface area (Å²) < 4.78 is 37.9. The van der Waals surface area contributed by atoms with E-state index in [0.717, 1.165) is 17.3 Å². The molecule has 3 amide bonds. The quantitative estimate of drug-likeness (QED) is 0.182. The minimum Gasteiger partial charge on any atom is -0.496 e. The highest BCUT2D eigenvalue weighted by Crippen LogP contribution is 2.22. The first-order valence-electron chi connectivity index (χ1n) is 13.8. The lowest BCUT2D eigenvalue weighted by atomic mass is 10.1. The van der Waals surface area contributed by atoms with Crippen LogP contribution < -0.4 is 20.1 Å². The molecule has 0 saturated carbocycles. The number of nitrogens with one attached hydrogen (secondary N) is 3. The van der Waals surface area contributed by atoms with Gasteiger partial charge in [0.15, 0.2) is 0 Å². The van der Waals surface area contributed by atoms with Gasteiger partial charge in [-0.25, -0.2) is 13.1 Å². The predicted octanol–water partition coefficient (Wildman–Crippen LogP) is 3.31. The van der Waals surface area contributed by atoms with Gasteiger partial charge in [-0.1, -0.05) is 54.1 Å². The van der Waals surface area contributed by atoms with Crippen molar-refractivity contribution in [2.45, 2.75) is 17.9 Å². The van der Waals surface area contributed by atoms with Gasteiger partial charge in [0.25, 0.3) is 27.7 Å². The number of benzene rings is 3. The molecule has 1 heterocycles. The van der Waals surface area contributed by atoms with Gasteiger partial charge in [0.05, 0.1) is 23.1 Å². The maximum absolute atomic E-state index is 12.8. The predicted molar refractivity (Wildman–Crippen MR) is 168 cm³/mol. The molecule has 0 atom stereocenters. The van der Waals surface area contributed by atoms with Gasteiger partial charge in [0, 0.05) is 17.8 Å². The van der Waals surface area contributed by atoms with Crippen molar-refractivity contribution in [2.75, 3.05) is 20.2 Å². The molecular formula is C32H29ClN4O8S. The van der Waals surface area contributed by atoms with Gasteiger partial charge in [-0.2, -0.15) is 0 Å². The number of pyridine rings is 1. The molecular weight excluding hydrogens is 636 g/mol. The third-order valence-corrected chi connectivity index (χ3v) is 8.04. The van der Waals surface area contributed by atoms with E-state index in [1.165, 1.54) is 37.4 Å². The molecule has 14 heteroatoms. The highest BCUT2D eigenvalue weighted by molar-refractivity contribution is 7.90. The van der Waals surface area contributed by atoms with Crippen molar-refractivity contribution in [1.29, 1.82) is 0 Å². The molecule has 0 radical (unpaired) electrons. The average molecular weight is 665 g/mol. The Kier molecular flexibility index (Phi) is 11.4. The number of carbonyl (C=O) groups is 4. The molecule has 0 aliphatic heterocycles. The Morgan fingerprint density at radius 1 is 0.826 bits per heavy atom. The SMILES string of the molecule is COc1ccc(Cl)cc1C(=O)NCCc1ccc(S(=O)(=O)NC(=O)c2ccc(C(=O)NCC(=O)OCc3ccccc3)nc2)cc1. The fourth-order valence-corrected chi connectivity index (χ4v) is 5.19. The van der Waals surface area contributed by atoms with Gasteiger partial charge < -0.3 is 20.1 Å². The standard InChI is InChI=1S/C32H29ClN4O8S/c1-44-28-14-10-24(33)17-26(28)31(40)34-16-15-21-7-11-25(12-8-21)46(42,43)37-30(39)23-9-13-27(35-18-23)32(41)36-19-29(38)45-20-22-5-3-2-4-6-22/h2-14,17-18H,15-16,19-20H2,1H3,(H,34,40)(H,36,41)(H,37,39). The van der Waals surface area contributed by atoms with Crippen LogP contribution in [0.15, 0.2) is 96.0 Å². The van der Waals surface area contributed by atoms with Crippen LogP contribution in [0.25, 0.3) is 0 Å². The summed E-state index contributed by atoms with van der Waals surface area (Å²) in [6.45, 7) is -0.0671. The Balaban J connectivity index is 1.24. The zero-order valence-corrected chi connectivity index (χ0v) is 26.1. The molecule has 3 aromatic carbocycles. The van der Waals surface area contributed by atoms with Gasteiger partial charge >= 0.3 is 5.97 Å². The second kappa shape index (κ2) is 15.6. The van der Waals surface area contributed by atoms with Crippen LogP contribution in [-0.2, 0) is 32.6 Å². The normalized spacial score (nSPS) is 10.8. The first-order chi connectivity index (χ1) is 22.1. The summed E-state index contributed by atoms with van der Waals surface area (Å²) in [5, 5.41) is 5.54. The summed E-state index contributed by atoms with van der Waals surface area (Å²) in [6, 6.07) is 22.0. The number of methoxy groups -OCH3 is 1. The molecule has 0 spiro atoms. The number of sulfonamides is 1. The highest BCUT2D eigenvalue weighted by Gasteiger charge is 2.20. The van der Waals surface area contributed by atoms with E-state index >= 15 is 0 Å². The van der Waals surface area contributed by atoms with Crippen molar-refractivity contribution in [3.05, 3.63) is 124 Å². The summed E-state index contributed by atoms with van der Waals surface area (Å²) in [6.07, 6.45) is 1.45. The molecule has 12 nitrogen and oxygen atoms in total. The minimum absolute atomic E-state index is 0.0617. The van der Waals surface area contributed by atoms with Crippen LogP contribution in [0.2, 0.25) is 5.02 Å². The molecule has 0 unspecified atom stereocenters. The fourth-order valence-electron chi connectivity index (χ4n) is 4.04. The van der Waals surface area contributed by atoms with E-state index in [4.69, 9.17) is 21.1 Å². The van der Waals surface area contributed by atoms with Crippen LogP contribution in [0, 0.1) is 0 Å². The Bertz CT molecular complexity index is 1820. The molecule has 0 aliphatic carbocycles. The smallest absolute Gasteiger partial charge is 0.325 e. The summed E-state index contributed by atoms with van der Waals surface area (Å²) in [5.74, 6) is -2.27. The van der Waals surface area contributed by atoms with E-state index in [9.17, 15) is 27.6 Å². The zero-order chi connectivity index (χ0) is 33.1. The van der Waals surface area contributed by atoms with Crippen LogP contribution in [0.4, 0.5) is 0 Å². The van der Waals surface area contributed by atoms with Crippen LogP contribution in [0.1, 0.15) is 42.3 Å². The number of hydrogen-bond donors (Lipinski definition) is 3. The van der Waals surface area contributed by atoms with E-state index < -0.39 is 27.8 Å². The van der Waals surface area contributed by atoms with Crippen molar-refractivity contribution in [2.24, 2.45) is 0 Å². The second-order valence-electron chi connectivity index (χ2n) is 9.69. The maximum Gasteiger partial charge on any atom is 0.325 e. The largest absolute Gasteiger partial charge is 0.496 e. The second-order valence-corrected chi connectivity index (χ2v) is 11.8. The Morgan fingerprint density at radius 2 is 1.57 bits per heavy atom. The van der Waals surface area contributed by atoms with Crippen molar-refractivity contribution >= 4 is 45.3 Å². The molecule has 3 N–H and O–H groups in total. The Labute approximate surface area is 270 Å². The van der Waals surface area contributed by atoms with Crippen LogP contribution >= 0.6 is 11.6 Å². The van der Waals surface area contributed by atoms with Crippen LogP contribution in [0.3, 0.4) is 0 Å². The van der Waals surface area contributed by atoms with Gasteiger partial charge in [-0.05, 0) is 60.0 Å². The van der Waals surface area contributed by atoms with E-state index in [2.05, 4.69) is 15.6 Å². The van der Waals surface area contributed by atoms with Gasteiger partial charge in [-0.15, -0.1) is 0 Å². The molecule has 46 heavy (non-hydrogen) atoms. The number of hydrogen-bond acceptors (Lipinski definition) is 9. The number of rotatable bonds is 13. The molecule has 0 aliphatic rings. The third kappa shape index (κ3) is 9.36. The van der Waals surface area contributed by atoms with Crippen molar-refractivity contribution in [3.8, 4) is 5.75 Å². The number of esters is 1. The van der Waals surface area contributed by atoms with Crippen LogP contribution in [-0.4, -0.2) is 57.3 Å². The van der Waals surface area contributed by atoms with Gasteiger partial charge in [0.1, 0.15) is 24.6 Å². The van der Waals surface area contributed by atoms with Crippen molar-refractivity contribution < 1.29 is 37.1 Å². The number of carbonyl (C=O) groups excluding carboxylic acids is 4. The summed E-state index contributed by atoms with van der Waals surface area (Å²) in [7, 11) is -2.78. The highest BCUT2D eigenvalue weighted by atomic mass is 35.5. The van der Waals surface area contributed by atoms with Crippen LogP contribution in [0.5, 0.6) is 5.75 Å². The molecule has 1 aromatic heterocycles. The first-order valence-corrected chi connectivity index (χ1v) is 15.6. The number of ether oxygens (including phenoxy) is 2. The zero-order valence-electron chi connectivity index (χ0n) is 24.5. The third-order valence-electron chi connectivity index (χ3n) is 6.46. The lowest BCUT2D eigenvalue weighted by molar-refractivity contribution is -0.143. The molecule has 4 aromatic rings. The van der Waals surface area contributed by atoms with E-state index in [0.29, 0.717) is 17.2 Å². The lowest BCUT2D eigenvalue weighted by Gasteiger charge is -2.10. The molecule has 238 valence electrons. The average Bonchev–Trinajstić information content (AvgIpc) is 3.06. The summed E-state index contributed by atoms with van der Waals surface area (Å²) >= 11 is 5.98. The van der Waals surface area contributed by atoms with E-state index in [-0.39, 0.29) is 47.3 Å². The number of halogens is 1. The maximum atomic E-state index is 12.8. The van der Waals surface area contributed by atoms with E-state index in [1.54, 1.807) is 36.4 Å².